The molecular formula is C32H35N5O2S. The molecule has 1 aliphatic heterocycles. The smallest absolute Gasteiger partial charge is 0.254 e. The summed E-state index contributed by atoms with van der Waals surface area (Å²) in [7, 11) is 0. The van der Waals surface area contributed by atoms with Gasteiger partial charge in [-0.15, -0.1) is 10.2 Å². The number of hydrogen-bond donors (Lipinski definition) is 0. The largest absolute Gasteiger partial charge is 0.339 e. The Morgan fingerprint density at radius 2 is 1.57 bits per heavy atom. The van der Waals surface area contributed by atoms with Gasteiger partial charge < -0.3 is 9.80 Å². The summed E-state index contributed by atoms with van der Waals surface area (Å²) in [5.74, 6) is 1.74. The van der Waals surface area contributed by atoms with Crippen LogP contribution in [0.15, 0.2) is 84.0 Å². The van der Waals surface area contributed by atoms with E-state index in [0.717, 1.165) is 51.1 Å². The number of nitrogens with zero attached hydrogens (tertiary/aromatic N) is 5. The zero-order chi connectivity index (χ0) is 28.1. The molecule has 7 nitrogen and oxygen atoms in total. The molecule has 1 atom stereocenters. The van der Waals surface area contributed by atoms with E-state index in [9.17, 15) is 9.59 Å². The van der Waals surface area contributed by atoms with Gasteiger partial charge in [0.05, 0.1) is 5.69 Å². The van der Waals surface area contributed by atoms with Crippen LogP contribution >= 0.6 is 11.8 Å². The van der Waals surface area contributed by atoms with Crippen LogP contribution in [-0.2, 0) is 4.79 Å². The topological polar surface area (TPSA) is 71.3 Å². The summed E-state index contributed by atoms with van der Waals surface area (Å²) < 4.78 is 2.11. The van der Waals surface area contributed by atoms with Crippen LogP contribution in [0.4, 0.5) is 0 Å². The summed E-state index contributed by atoms with van der Waals surface area (Å²) in [6, 6.07) is 26.0. The van der Waals surface area contributed by atoms with Gasteiger partial charge in [0.25, 0.3) is 5.91 Å². The Kier molecular flexibility index (Phi) is 8.65. The molecule has 0 aliphatic carbocycles. The van der Waals surface area contributed by atoms with Gasteiger partial charge >= 0.3 is 0 Å². The van der Waals surface area contributed by atoms with Crippen LogP contribution in [0.3, 0.4) is 0 Å². The first kappa shape index (κ1) is 27.6. The van der Waals surface area contributed by atoms with E-state index in [2.05, 4.69) is 33.8 Å². The van der Waals surface area contributed by atoms with Gasteiger partial charge in [-0.3, -0.25) is 14.2 Å². The fraction of sp³-hybridized carbons (Fsp3) is 0.312. The highest BCUT2D eigenvalue weighted by atomic mass is 32.2. The number of aryl methyl sites for hydroxylation is 2. The van der Waals surface area contributed by atoms with Gasteiger partial charge in [0.15, 0.2) is 11.0 Å². The molecule has 40 heavy (non-hydrogen) atoms. The van der Waals surface area contributed by atoms with E-state index in [4.69, 9.17) is 0 Å². The number of hydrogen-bond acceptors (Lipinski definition) is 5. The van der Waals surface area contributed by atoms with Gasteiger partial charge in [0.1, 0.15) is 0 Å². The van der Waals surface area contributed by atoms with E-state index >= 15 is 0 Å². The molecule has 2 amide bonds. The molecule has 0 bridgehead atoms. The van der Waals surface area contributed by atoms with Crippen molar-refractivity contribution >= 4 is 23.6 Å². The molecule has 1 saturated heterocycles. The monoisotopic (exact) mass is 553 g/mol. The van der Waals surface area contributed by atoms with Crippen LogP contribution in [-0.4, -0.2) is 67.8 Å². The van der Waals surface area contributed by atoms with Crippen LogP contribution in [0, 0.1) is 13.8 Å². The van der Waals surface area contributed by atoms with Crippen LogP contribution < -0.4 is 0 Å². The van der Waals surface area contributed by atoms with Crippen LogP contribution in [0.25, 0.3) is 17.1 Å². The third-order valence-corrected chi connectivity index (χ3v) is 8.42. The highest BCUT2D eigenvalue weighted by Crippen LogP contribution is 2.30. The van der Waals surface area contributed by atoms with Gasteiger partial charge in [-0.05, 0) is 50.5 Å². The third kappa shape index (κ3) is 5.97. The molecule has 4 aromatic rings. The highest BCUT2D eigenvalue weighted by molar-refractivity contribution is 7.99. The fourth-order valence-electron chi connectivity index (χ4n) is 5.17. The lowest BCUT2D eigenvalue weighted by Crippen LogP contribution is -2.55. The van der Waals surface area contributed by atoms with Crippen molar-refractivity contribution in [3.63, 3.8) is 0 Å². The average Bonchev–Trinajstić information content (AvgIpc) is 3.39. The molecule has 2 heterocycles. The summed E-state index contributed by atoms with van der Waals surface area (Å²) in [6.45, 7) is 7.75. The van der Waals surface area contributed by atoms with Gasteiger partial charge in [-0.25, -0.2) is 0 Å². The molecule has 3 aromatic carbocycles. The Balaban J connectivity index is 1.18. The summed E-state index contributed by atoms with van der Waals surface area (Å²) in [5.41, 5.74) is 4.92. The van der Waals surface area contributed by atoms with Gasteiger partial charge in [0, 0.05) is 49.0 Å². The number of aromatic nitrogens is 3. The maximum Gasteiger partial charge on any atom is 0.254 e. The van der Waals surface area contributed by atoms with Crippen molar-refractivity contribution in [1.29, 1.82) is 0 Å². The molecule has 5 rings (SSSR count). The standard InChI is InChI=1S/C32H35N5O2S/c1-23-12-7-9-16-27(23)31(39)36-20-19-35(22-25(36)3)29(38)18-11-21-40-32-34-33-30(26-14-5-4-6-15-26)37(32)28-17-10-8-13-24(28)2/h4-10,12-17,25H,11,18-22H2,1-3H3. The molecule has 206 valence electrons. The lowest BCUT2D eigenvalue weighted by atomic mass is 10.1. The first-order valence-corrected chi connectivity index (χ1v) is 14.8. The number of carbonyl (C=O) groups excluding carboxylic acids is 2. The van der Waals surface area contributed by atoms with E-state index in [0.29, 0.717) is 26.1 Å². The first-order valence-electron chi connectivity index (χ1n) is 13.8. The van der Waals surface area contributed by atoms with Crippen molar-refractivity contribution in [2.45, 2.75) is 44.8 Å². The average molecular weight is 554 g/mol. The van der Waals surface area contributed by atoms with Crippen LogP contribution in [0.2, 0.25) is 0 Å². The number of carbonyl (C=O) groups is 2. The van der Waals surface area contributed by atoms with Crippen molar-refractivity contribution in [1.82, 2.24) is 24.6 Å². The van der Waals surface area contributed by atoms with E-state index in [1.54, 1.807) is 11.8 Å². The minimum Gasteiger partial charge on any atom is -0.339 e. The molecule has 0 saturated carbocycles. The Bertz CT molecular complexity index is 1490. The van der Waals surface area contributed by atoms with E-state index in [1.165, 1.54) is 0 Å². The third-order valence-electron chi connectivity index (χ3n) is 7.40. The van der Waals surface area contributed by atoms with Crippen molar-refractivity contribution in [3.05, 3.63) is 95.6 Å². The van der Waals surface area contributed by atoms with Gasteiger partial charge in [0.2, 0.25) is 5.91 Å². The molecule has 0 spiro atoms. The number of para-hydroxylation sites is 1. The second-order valence-corrected chi connectivity index (χ2v) is 11.3. The second-order valence-electron chi connectivity index (χ2n) is 10.2. The predicted octanol–water partition coefficient (Wildman–Crippen LogP) is 5.80. The Morgan fingerprint density at radius 3 is 2.30 bits per heavy atom. The maximum absolute atomic E-state index is 13.1. The molecule has 8 heteroatoms. The molecular weight excluding hydrogens is 518 g/mol. The molecule has 1 aliphatic rings. The van der Waals surface area contributed by atoms with Crippen LogP contribution in [0.1, 0.15) is 41.3 Å². The van der Waals surface area contributed by atoms with Crippen molar-refractivity contribution < 1.29 is 9.59 Å². The summed E-state index contributed by atoms with van der Waals surface area (Å²) in [5, 5.41) is 9.88. The normalized spacial score (nSPS) is 15.3. The van der Waals surface area contributed by atoms with Crippen molar-refractivity contribution in [2.24, 2.45) is 0 Å². The molecule has 1 fully saturated rings. The minimum absolute atomic E-state index is 0.0248. The van der Waals surface area contributed by atoms with E-state index in [-0.39, 0.29) is 17.9 Å². The highest BCUT2D eigenvalue weighted by Gasteiger charge is 2.30. The molecule has 0 radical (unpaired) electrons. The molecule has 1 unspecified atom stereocenters. The zero-order valence-electron chi connectivity index (χ0n) is 23.3. The van der Waals surface area contributed by atoms with Crippen LogP contribution in [0.5, 0.6) is 0 Å². The predicted molar refractivity (Wildman–Crippen MR) is 160 cm³/mol. The van der Waals surface area contributed by atoms with Gasteiger partial charge in [-0.2, -0.15) is 0 Å². The molecule has 1 aromatic heterocycles. The molecule has 0 N–H and O–H groups in total. The van der Waals surface area contributed by atoms with Gasteiger partial charge in [-0.1, -0.05) is 78.5 Å². The Morgan fingerprint density at radius 1 is 0.875 bits per heavy atom. The minimum atomic E-state index is -0.0248. The SMILES string of the molecule is Cc1ccccc1C(=O)N1CCN(C(=O)CCCSc2nnc(-c3ccccc3)n2-c2ccccc2C)CC1C. The zero-order valence-corrected chi connectivity index (χ0v) is 24.1. The van der Waals surface area contributed by atoms with E-state index in [1.807, 2.05) is 90.4 Å². The maximum atomic E-state index is 13.1. The summed E-state index contributed by atoms with van der Waals surface area (Å²) in [6.07, 6.45) is 1.21. The first-order chi connectivity index (χ1) is 19.4. The fourth-order valence-corrected chi connectivity index (χ4v) is 6.05. The summed E-state index contributed by atoms with van der Waals surface area (Å²) >= 11 is 1.62. The quantitative estimate of drug-likeness (QED) is 0.204. The number of piperazine rings is 1. The number of amides is 2. The lowest BCUT2D eigenvalue weighted by Gasteiger charge is -2.40. The number of thioether (sulfide) groups is 1. The summed E-state index contributed by atoms with van der Waals surface area (Å²) in [4.78, 5) is 30.0. The lowest BCUT2D eigenvalue weighted by molar-refractivity contribution is -0.133. The van der Waals surface area contributed by atoms with Crippen molar-refractivity contribution in [2.75, 3.05) is 25.4 Å². The Hall–Kier alpha value is -3.91. The van der Waals surface area contributed by atoms with E-state index < -0.39 is 0 Å². The van der Waals surface area contributed by atoms with Crippen molar-refractivity contribution in [3.8, 4) is 17.1 Å². The number of benzene rings is 3. The second kappa shape index (κ2) is 12.5. The Labute approximate surface area is 240 Å². The number of rotatable bonds is 8.